The summed E-state index contributed by atoms with van der Waals surface area (Å²) in [5.41, 5.74) is 2.36. The van der Waals surface area contributed by atoms with Crippen molar-refractivity contribution in [1.82, 2.24) is 19.5 Å². The van der Waals surface area contributed by atoms with E-state index in [0.29, 0.717) is 18.8 Å². The van der Waals surface area contributed by atoms with Gasteiger partial charge in [0.15, 0.2) is 0 Å². The van der Waals surface area contributed by atoms with Crippen LogP contribution in [-0.2, 0) is 13.0 Å². The lowest BCUT2D eigenvalue weighted by molar-refractivity contribution is 0.628. The van der Waals surface area contributed by atoms with Gasteiger partial charge in [-0.2, -0.15) is 0 Å². The number of imidazole rings is 1. The van der Waals surface area contributed by atoms with Crippen molar-refractivity contribution >= 4 is 22.6 Å². The maximum atomic E-state index is 13.5. The Bertz CT molecular complexity index is 727. The molecular weight excluding hydrogens is 279 g/mol. The average molecular weight is 291 g/mol. The van der Waals surface area contributed by atoms with Crippen molar-refractivity contribution < 1.29 is 4.39 Å². The molecule has 0 N–H and O–H groups in total. The van der Waals surface area contributed by atoms with Crippen LogP contribution in [0.15, 0.2) is 36.8 Å². The van der Waals surface area contributed by atoms with Gasteiger partial charge in [0.2, 0.25) is 0 Å². The zero-order valence-electron chi connectivity index (χ0n) is 10.6. The fourth-order valence-corrected chi connectivity index (χ4v) is 2.34. The molecule has 4 nitrogen and oxygen atoms in total. The first-order valence-corrected chi connectivity index (χ1v) is 6.77. The summed E-state index contributed by atoms with van der Waals surface area (Å²) in [5, 5.41) is 0. The highest BCUT2D eigenvalue weighted by Crippen LogP contribution is 2.19. The molecule has 0 fully saturated rings. The maximum Gasteiger partial charge on any atom is 0.125 e. The molecular formula is C14H12ClFN4. The summed E-state index contributed by atoms with van der Waals surface area (Å²) in [5.74, 6) is 1.02. The summed E-state index contributed by atoms with van der Waals surface area (Å²) >= 11 is 5.82. The number of rotatable bonds is 4. The molecule has 0 radical (unpaired) electrons. The van der Waals surface area contributed by atoms with E-state index >= 15 is 0 Å². The number of fused-ring (bicyclic) bond motifs is 1. The van der Waals surface area contributed by atoms with Gasteiger partial charge in [-0.3, -0.25) is 0 Å². The molecule has 0 bridgehead atoms. The molecule has 2 aromatic heterocycles. The third kappa shape index (κ3) is 2.49. The second-order valence-electron chi connectivity index (χ2n) is 4.39. The van der Waals surface area contributed by atoms with Crippen LogP contribution in [-0.4, -0.2) is 25.4 Å². The summed E-state index contributed by atoms with van der Waals surface area (Å²) in [6, 6.07) is 6.41. The van der Waals surface area contributed by atoms with Crippen LogP contribution in [0.4, 0.5) is 4.39 Å². The number of alkyl halides is 1. The van der Waals surface area contributed by atoms with Crippen molar-refractivity contribution in [3.63, 3.8) is 0 Å². The third-order valence-corrected chi connectivity index (χ3v) is 3.26. The van der Waals surface area contributed by atoms with Gasteiger partial charge in [-0.15, -0.1) is 11.6 Å². The van der Waals surface area contributed by atoms with Crippen LogP contribution in [0, 0.1) is 5.82 Å². The van der Waals surface area contributed by atoms with Crippen molar-refractivity contribution in [2.45, 2.75) is 13.0 Å². The van der Waals surface area contributed by atoms with E-state index in [-0.39, 0.29) is 5.82 Å². The van der Waals surface area contributed by atoms with E-state index in [4.69, 9.17) is 11.6 Å². The Labute approximate surface area is 120 Å². The number of hydrogen-bond acceptors (Lipinski definition) is 3. The van der Waals surface area contributed by atoms with Crippen LogP contribution in [0.25, 0.3) is 11.0 Å². The Hall–Kier alpha value is -2.01. The molecule has 0 amide bonds. The zero-order chi connectivity index (χ0) is 13.9. The summed E-state index contributed by atoms with van der Waals surface area (Å²) in [6.07, 6.45) is 3.81. The second-order valence-corrected chi connectivity index (χ2v) is 4.76. The first kappa shape index (κ1) is 13.0. The van der Waals surface area contributed by atoms with Gasteiger partial charge in [0, 0.05) is 18.5 Å². The van der Waals surface area contributed by atoms with E-state index in [1.165, 1.54) is 18.5 Å². The number of benzene rings is 1. The topological polar surface area (TPSA) is 43.6 Å². The van der Waals surface area contributed by atoms with Crippen LogP contribution >= 0.6 is 11.6 Å². The number of halogens is 2. The lowest BCUT2D eigenvalue weighted by Gasteiger charge is -2.07. The lowest BCUT2D eigenvalue weighted by atomic mass is 10.3. The van der Waals surface area contributed by atoms with E-state index in [1.807, 2.05) is 10.6 Å². The Balaban J connectivity index is 2.10. The molecule has 0 aliphatic carbocycles. The van der Waals surface area contributed by atoms with E-state index in [1.54, 1.807) is 12.3 Å². The monoisotopic (exact) mass is 290 g/mol. The van der Waals surface area contributed by atoms with Crippen molar-refractivity contribution in [2.75, 3.05) is 5.88 Å². The highest BCUT2D eigenvalue weighted by atomic mass is 35.5. The van der Waals surface area contributed by atoms with E-state index in [0.717, 1.165) is 22.6 Å². The van der Waals surface area contributed by atoms with Crippen molar-refractivity contribution in [3.05, 3.63) is 54.1 Å². The molecule has 102 valence electrons. The van der Waals surface area contributed by atoms with Gasteiger partial charge < -0.3 is 4.57 Å². The molecule has 0 saturated heterocycles. The molecule has 0 spiro atoms. The fraction of sp³-hybridized carbons (Fsp3) is 0.214. The highest BCUT2D eigenvalue weighted by Gasteiger charge is 2.12. The standard InChI is InChI=1S/C14H12ClFN4/c15-5-3-14-19-12-2-1-10(16)7-13(12)20(14)8-11-4-6-17-9-18-11/h1-2,4,6-7,9H,3,5,8H2. The molecule has 2 heterocycles. The van der Waals surface area contributed by atoms with Crippen molar-refractivity contribution in [2.24, 2.45) is 0 Å². The van der Waals surface area contributed by atoms with E-state index in [2.05, 4.69) is 15.0 Å². The van der Waals surface area contributed by atoms with Gasteiger partial charge in [-0.25, -0.2) is 19.3 Å². The van der Waals surface area contributed by atoms with Gasteiger partial charge >= 0.3 is 0 Å². The Morgan fingerprint density at radius 1 is 1.25 bits per heavy atom. The number of aryl methyl sites for hydroxylation is 1. The third-order valence-electron chi connectivity index (χ3n) is 3.07. The summed E-state index contributed by atoms with van der Waals surface area (Å²) in [4.78, 5) is 12.6. The molecule has 6 heteroatoms. The largest absolute Gasteiger partial charge is 0.322 e. The van der Waals surface area contributed by atoms with Gasteiger partial charge in [-0.1, -0.05) is 0 Å². The SMILES string of the molecule is Fc1ccc2nc(CCCl)n(Cc3ccncn3)c2c1. The van der Waals surface area contributed by atoms with Crippen LogP contribution < -0.4 is 0 Å². The van der Waals surface area contributed by atoms with Crippen molar-refractivity contribution in [3.8, 4) is 0 Å². The highest BCUT2D eigenvalue weighted by molar-refractivity contribution is 6.17. The van der Waals surface area contributed by atoms with Gasteiger partial charge in [0.05, 0.1) is 23.3 Å². The molecule has 0 unspecified atom stereocenters. The minimum Gasteiger partial charge on any atom is -0.322 e. The Morgan fingerprint density at radius 3 is 2.90 bits per heavy atom. The smallest absolute Gasteiger partial charge is 0.125 e. The first-order chi connectivity index (χ1) is 9.78. The summed E-state index contributed by atoms with van der Waals surface area (Å²) < 4.78 is 15.4. The average Bonchev–Trinajstić information content (AvgIpc) is 2.78. The number of hydrogen-bond donors (Lipinski definition) is 0. The molecule has 1 aromatic carbocycles. The first-order valence-electron chi connectivity index (χ1n) is 6.23. The Kier molecular flexibility index (Phi) is 3.60. The minimum atomic E-state index is -0.279. The molecule has 0 atom stereocenters. The van der Waals surface area contributed by atoms with E-state index < -0.39 is 0 Å². The van der Waals surface area contributed by atoms with Gasteiger partial charge in [0.25, 0.3) is 0 Å². The molecule has 0 saturated carbocycles. The van der Waals surface area contributed by atoms with Crippen molar-refractivity contribution in [1.29, 1.82) is 0 Å². The minimum absolute atomic E-state index is 0.279. The predicted molar refractivity (Wildman–Crippen MR) is 75.2 cm³/mol. The molecule has 3 rings (SSSR count). The number of nitrogens with zero attached hydrogens (tertiary/aromatic N) is 4. The predicted octanol–water partition coefficient (Wildman–Crippen LogP) is 2.80. The zero-order valence-corrected chi connectivity index (χ0v) is 11.4. The normalized spacial score (nSPS) is 11.1. The molecule has 0 aliphatic rings. The van der Waals surface area contributed by atoms with Crippen LogP contribution in [0.2, 0.25) is 0 Å². The molecule has 0 aliphatic heterocycles. The second kappa shape index (κ2) is 5.54. The van der Waals surface area contributed by atoms with E-state index in [9.17, 15) is 4.39 Å². The van der Waals surface area contributed by atoms with Crippen LogP contribution in [0.1, 0.15) is 11.5 Å². The number of aromatic nitrogens is 4. The van der Waals surface area contributed by atoms with Gasteiger partial charge in [-0.05, 0) is 24.3 Å². The van der Waals surface area contributed by atoms with Crippen LogP contribution in [0.5, 0.6) is 0 Å². The summed E-state index contributed by atoms with van der Waals surface area (Å²) in [6.45, 7) is 0.523. The maximum absolute atomic E-state index is 13.5. The molecule has 20 heavy (non-hydrogen) atoms. The Morgan fingerprint density at radius 2 is 2.15 bits per heavy atom. The fourth-order valence-electron chi connectivity index (χ4n) is 2.17. The lowest BCUT2D eigenvalue weighted by Crippen LogP contribution is -2.07. The van der Waals surface area contributed by atoms with Crippen LogP contribution in [0.3, 0.4) is 0 Å². The quantitative estimate of drug-likeness (QED) is 0.694. The van der Waals surface area contributed by atoms with Gasteiger partial charge in [0.1, 0.15) is 18.0 Å². The molecule has 3 aromatic rings. The summed E-state index contributed by atoms with van der Waals surface area (Å²) in [7, 11) is 0.